The summed E-state index contributed by atoms with van der Waals surface area (Å²) < 4.78 is 5.39. The summed E-state index contributed by atoms with van der Waals surface area (Å²) in [5, 5.41) is 9.59. The van der Waals surface area contributed by atoms with Crippen molar-refractivity contribution in [1.29, 1.82) is 0 Å². The van der Waals surface area contributed by atoms with E-state index in [4.69, 9.17) is 16.3 Å². The number of aromatic nitrogens is 2. The van der Waals surface area contributed by atoms with Gasteiger partial charge in [-0.15, -0.1) is 21.8 Å². The molecule has 0 spiro atoms. The summed E-state index contributed by atoms with van der Waals surface area (Å²) >= 11 is 7.35. The van der Waals surface area contributed by atoms with Gasteiger partial charge in [0.1, 0.15) is 16.6 Å². The number of hydrogen-bond acceptors (Lipinski definition) is 4. The molecule has 74 valence electrons. The molecule has 0 aliphatic heterocycles. The van der Waals surface area contributed by atoms with E-state index in [1.807, 2.05) is 20.8 Å². The number of nitrogens with zero attached hydrogens (tertiary/aromatic N) is 2. The molecule has 0 aromatic carbocycles. The van der Waals surface area contributed by atoms with Crippen molar-refractivity contribution in [3.05, 3.63) is 10.0 Å². The van der Waals surface area contributed by atoms with Crippen molar-refractivity contribution in [3.8, 4) is 0 Å². The molecule has 0 amide bonds. The van der Waals surface area contributed by atoms with E-state index in [1.165, 1.54) is 11.3 Å². The van der Waals surface area contributed by atoms with Crippen molar-refractivity contribution in [3.63, 3.8) is 0 Å². The predicted molar refractivity (Wildman–Crippen MR) is 54.1 cm³/mol. The van der Waals surface area contributed by atoms with Crippen LogP contribution in [0.1, 0.15) is 36.2 Å². The van der Waals surface area contributed by atoms with Crippen LogP contribution in [0.2, 0.25) is 0 Å². The maximum atomic E-state index is 5.85. The average Bonchev–Trinajstić information content (AvgIpc) is 2.48. The van der Waals surface area contributed by atoms with Gasteiger partial charge in [0, 0.05) is 0 Å². The molecule has 1 aromatic heterocycles. The van der Waals surface area contributed by atoms with Crippen molar-refractivity contribution in [1.82, 2.24) is 10.2 Å². The smallest absolute Gasteiger partial charge is 0.143 e. The topological polar surface area (TPSA) is 35.0 Å². The Morgan fingerprint density at radius 3 is 2.54 bits per heavy atom. The van der Waals surface area contributed by atoms with E-state index in [0.717, 1.165) is 10.0 Å². The minimum absolute atomic E-state index is 0.0645. The fourth-order valence-electron chi connectivity index (χ4n) is 0.724. The molecule has 0 saturated carbocycles. The monoisotopic (exact) mass is 220 g/mol. The van der Waals surface area contributed by atoms with Crippen LogP contribution in [-0.4, -0.2) is 16.3 Å². The molecule has 13 heavy (non-hydrogen) atoms. The Balaban J connectivity index is 2.49. The van der Waals surface area contributed by atoms with Crippen molar-refractivity contribution >= 4 is 22.9 Å². The number of ether oxygens (including phenoxy) is 1. The molecular weight excluding hydrogens is 208 g/mol. The zero-order valence-corrected chi connectivity index (χ0v) is 9.52. The molecule has 0 aliphatic carbocycles. The zero-order valence-electron chi connectivity index (χ0n) is 7.95. The van der Waals surface area contributed by atoms with Crippen LogP contribution in [0.15, 0.2) is 0 Å². The van der Waals surface area contributed by atoms with Crippen LogP contribution in [0.3, 0.4) is 0 Å². The average molecular weight is 221 g/mol. The van der Waals surface area contributed by atoms with E-state index in [9.17, 15) is 0 Å². The van der Waals surface area contributed by atoms with Crippen molar-refractivity contribution < 1.29 is 4.74 Å². The Kier molecular flexibility index (Phi) is 4.09. The van der Waals surface area contributed by atoms with Gasteiger partial charge < -0.3 is 4.74 Å². The Morgan fingerprint density at radius 2 is 2.08 bits per heavy atom. The fraction of sp³-hybridized carbons (Fsp3) is 0.750. The van der Waals surface area contributed by atoms with Crippen LogP contribution in [0.5, 0.6) is 0 Å². The fourth-order valence-corrected chi connectivity index (χ4v) is 1.59. The van der Waals surface area contributed by atoms with Crippen LogP contribution in [0.25, 0.3) is 0 Å². The maximum absolute atomic E-state index is 5.85. The lowest BCUT2D eigenvalue weighted by molar-refractivity contribution is 0.0652. The van der Waals surface area contributed by atoms with E-state index >= 15 is 0 Å². The third-order valence-electron chi connectivity index (χ3n) is 1.36. The van der Waals surface area contributed by atoms with Crippen molar-refractivity contribution in [2.45, 2.75) is 38.9 Å². The van der Waals surface area contributed by atoms with Gasteiger partial charge in [0.15, 0.2) is 0 Å². The summed E-state index contributed by atoms with van der Waals surface area (Å²) in [7, 11) is 0. The van der Waals surface area contributed by atoms with Gasteiger partial charge >= 0.3 is 0 Å². The third kappa shape index (κ3) is 3.58. The normalized spacial score (nSPS) is 13.6. The second kappa shape index (κ2) is 4.88. The first kappa shape index (κ1) is 10.9. The molecule has 1 heterocycles. The standard InChI is InChI=1S/C8H13ClN2OS/c1-5(2)12-4-7-10-11-8(13-7)6(3)9/h5-6H,4H2,1-3H3. The van der Waals surface area contributed by atoms with Gasteiger partial charge in [-0.1, -0.05) is 11.3 Å². The third-order valence-corrected chi connectivity index (χ3v) is 2.78. The molecule has 1 rings (SSSR count). The quantitative estimate of drug-likeness (QED) is 0.732. The highest BCUT2D eigenvalue weighted by atomic mass is 35.5. The lowest BCUT2D eigenvalue weighted by Crippen LogP contribution is -2.01. The largest absolute Gasteiger partial charge is 0.372 e. The summed E-state index contributed by atoms with van der Waals surface area (Å²) in [5.74, 6) is 0. The molecule has 1 aromatic rings. The molecule has 3 nitrogen and oxygen atoms in total. The number of halogens is 1. The van der Waals surface area contributed by atoms with Crippen LogP contribution < -0.4 is 0 Å². The molecule has 0 saturated heterocycles. The molecule has 0 fully saturated rings. The summed E-state index contributed by atoms with van der Waals surface area (Å²) in [6.45, 7) is 6.40. The van der Waals surface area contributed by atoms with Crippen molar-refractivity contribution in [2.24, 2.45) is 0 Å². The van der Waals surface area contributed by atoms with E-state index in [1.54, 1.807) is 0 Å². The SMILES string of the molecule is CC(C)OCc1nnc(C(C)Cl)s1. The van der Waals surface area contributed by atoms with Gasteiger partial charge in [-0.05, 0) is 20.8 Å². The number of hydrogen-bond donors (Lipinski definition) is 0. The highest BCUT2D eigenvalue weighted by Gasteiger charge is 2.09. The van der Waals surface area contributed by atoms with Gasteiger partial charge in [0.05, 0.1) is 11.5 Å². The highest BCUT2D eigenvalue weighted by molar-refractivity contribution is 7.11. The molecule has 0 radical (unpaired) electrons. The molecular formula is C8H13ClN2OS. The summed E-state index contributed by atoms with van der Waals surface area (Å²) in [6, 6.07) is 0. The van der Waals surface area contributed by atoms with Crippen LogP contribution >= 0.6 is 22.9 Å². The van der Waals surface area contributed by atoms with Gasteiger partial charge in [-0.3, -0.25) is 0 Å². The second-order valence-corrected chi connectivity index (χ2v) is 4.76. The van der Waals surface area contributed by atoms with Crippen LogP contribution in [-0.2, 0) is 11.3 Å². The molecule has 1 unspecified atom stereocenters. The Bertz CT molecular complexity index is 262. The summed E-state index contributed by atoms with van der Waals surface area (Å²) in [6.07, 6.45) is 0.223. The zero-order chi connectivity index (χ0) is 9.84. The minimum atomic E-state index is -0.0645. The maximum Gasteiger partial charge on any atom is 0.143 e. The minimum Gasteiger partial charge on any atom is -0.372 e. The number of alkyl halides is 1. The lowest BCUT2D eigenvalue weighted by Gasteiger charge is -2.03. The van der Waals surface area contributed by atoms with Crippen LogP contribution in [0.4, 0.5) is 0 Å². The number of rotatable bonds is 4. The summed E-state index contributed by atoms with van der Waals surface area (Å²) in [5.41, 5.74) is 0. The van der Waals surface area contributed by atoms with Crippen LogP contribution in [0, 0.1) is 0 Å². The van der Waals surface area contributed by atoms with E-state index in [0.29, 0.717) is 6.61 Å². The Hall–Kier alpha value is -0.190. The second-order valence-electron chi connectivity index (χ2n) is 3.01. The first-order valence-electron chi connectivity index (χ1n) is 4.17. The van der Waals surface area contributed by atoms with Gasteiger partial charge in [0.2, 0.25) is 0 Å². The molecule has 1 atom stereocenters. The van der Waals surface area contributed by atoms with E-state index in [2.05, 4.69) is 10.2 Å². The van der Waals surface area contributed by atoms with Gasteiger partial charge in [-0.2, -0.15) is 0 Å². The van der Waals surface area contributed by atoms with Gasteiger partial charge in [0.25, 0.3) is 0 Å². The van der Waals surface area contributed by atoms with Crippen molar-refractivity contribution in [2.75, 3.05) is 0 Å². The molecule has 0 N–H and O–H groups in total. The Morgan fingerprint density at radius 1 is 1.38 bits per heavy atom. The lowest BCUT2D eigenvalue weighted by atomic mass is 10.5. The first-order valence-corrected chi connectivity index (χ1v) is 5.43. The molecule has 5 heteroatoms. The summed E-state index contributed by atoms with van der Waals surface area (Å²) in [4.78, 5) is 0. The first-order chi connectivity index (χ1) is 6.09. The van der Waals surface area contributed by atoms with E-state index in [-0.39, 0.29) is 11.5 Å². The Labute approximate surface area is 87.1 Å². The van der Waals surface area contributed by atoms with E-state index < -0.39 is 0 Å². The van der Waals surface area contributed by atoms with Gasteiger partial charge in [-0.25, -0.2) is 0 Å². The predicted octanol–water partition coefficient (Wildman–Crippen LogP) is 2.76. The molecule has 0 bridgehead atoms. The molecule has 0 aliphatic rings. The highest BCUT2D eigenvalue weighted by Crippen LogP contribution is 2.23.